The molecule has 0 fully saturated rings. The fraction of sp³-hybridized carbons (Fsp3) is 0.133. The summed E-state index contributed by atoms with van der Waals surface area (Å²) in [6.45, 7) is 1.59. The molecule has 1 heterocycles. The number of carboxylic acids is 1. The molecule has 1 aromatic carbocycles. The van der Waals surface area contributed by atoms with Gasteiger partial charge in [-0.15, -0.1) is 0 Å². The zero-order valence-corrected chi connectivity index (χ0v) is 12.9. The molecule has 0 saturated heterocycles. The van der Waals surface area contributed by atoms with E-state index in [9.17, 15) is 9.59 Å². The lowest BCUT2D eigenvalue weighted by atomic mass is 10.1. The summed E-state index contributed by atoms with van der Waals surface area (Å²) in [5.74, 6) is -1.98. The van der Waals surface area contributed by atoms with Crippen LogP contribution in [0, 0.1) is 0 Å². The minimum Gasteiger partial charge on any atom is -0.478 e. The fourth-order valence-corrected chi connectivity index (χ4v) is 2.61. The van der Waals surface area contributed by atoms with E-state index in [1.807, 2.05) is 0 Å². The fourth-order valence-electron chi connectivity index (χ4n) is 1.94. The van der Waals surface area contributed by atoms with Crippen LogP contribution in [0.25, 0.3) is 0 Å². The quantitative estimate of drug-likeness (QED) is 0.851. The maximum absolute atomic E-state index is 12.2. The first kappa shape index (κ1) is 16.3. The summed E-state index contributed by atoms with van der Waals surface area (Å²) < 4.78 is 5.28. The SMILES string of the molecule is C[C@H](OC(=O)c1ccccc1C(=O)O)c1c(Cl)cncc1Cl. The molecule has 0 aliphatic carbocycles. The summed E-state index contributed by atoms with van der Waals surface area (Å²) >= 11 is 12.0. The Hall–Kier alpha value is -2.11. The molecule has 114 valence electrons. The van der Waals surface area contributed by atoms with Crippen LogP contribution in [-0.4, -0.2) is 22.0 Å². The van der Waals surface area contributed by atoms with Gasteiger partial charge in [0.25, 0.3) is 0 Å². The van der Waals surface area contributed by atoms with Crippen molar-refractivity contribution in [3.05, 3.63) is 63.4 Å². The van der Waals surface area contributed by atoms with Crippen LogP contribution in [0.1, 0.15) is 39.3 Å². The average Bonchev–Trinajstić information content (AvgIpc) is 2.46. The molecule has 2 aromatic rings. The van der Waals surface area contributed by atoms with Crippen molar-refractivity contribution in [3.8, 4) is 0 Å². The number of halogens is 2. The third-order valence-corrected chi connectivity index (χ3v) is 3.56. The second-order valence-corrected chi connectivity index (χ2v) is 5.23. The summed E-state index contributed by atoms with van der Waals surface area (Å²) in [5.41, 5.74) is 0.245. The Balaban J connectivity index is 2.28. The van der Waals surface area contributed by atoms with Crippen LogP contribution < -0.4 is 0 Å². The predicted molar refractivity (Wildman–Crippen MR) is 81.5 cm³/mol. The van der Waals surface area contributed by atoms with Gasteiger partial charge in [0, 0.05) is 18.0 Å². The van der Waals surface area contributed by atoms with Crippen molar-refractivity contribution < 1.29 is 19.4 Å². The molecule has 0 saturated carbocycles. The molecule has 1 aromatic heterocycles. The van der Waals surface area contributed by atoms with Gasteiger partial charge in [-0.3, -0.25) is 4.98 Å². The second kappa shape index (κ2) is 6.77. The lowest BCUT2D eigenvalue weighted by Gasteiger charge is -2.16. The van der Waals surface area contributed by atoms with Crippen molar-refractivity contribution in [3.63, 3.8) is 0 Å². The minimum absolute atomic E-state index is 0.0387. The highest BCUT2D eigenvalue weighted by Crippen LogP contribution is 2.31. The molecule has 0 spiro atoms. The van der Waals surface area contributed by atoms with E-state index in [2.05, 4.69) is 4.98 Å². The summed E-state index contributed by atoms with van der Waals surface area (Å²) in [5, 5.41) is 9.62. The largest absolute Gasteiger partial charge is 0.478 e. The van der Waals surface area contributed by atoms with Crippen LogP contribution in [0.5, 0.6) is 0 Å². The second-order valence-electron chi connectivity index (χ2n) is 4.42. The molecule has 0 aliphatic heterocycles. The number of hydrogen-bond acceptors (Lipinski definition) is 4. The standard InChI is InChI=1S/C15H11Cl2NO4/c1-8(13-11(16)6-18-7-12(13)17)22-15(21)10-5-3-2-4-9(10)14(19)20/h2-8H,1H3,(H,19,20)/t8-/m0/s1. The van der Waals surface area contributed by atoms with Crippen LogP contribution in [-0.2, 0) is 4.74 Å². The van der Waals surface area contributed by atoms with Gasteiger partial charge in [-0.1, -0.05) is 35.3 Å². The molecule has 0 radical (unpaired) electrons. The molecule has 0 bridgehead atoms. The van der Waals surface area contributed by atoms with Gasteiger partial charge < -0.3 is 9.84 Å². The van der Waals surface area contributed by atoms with E-state index in [0.29, 0.717) is 5.56 Å². The normalized spacial score (nSPS) is 11.8. The Labute approximate surface area is 136 Å². The number of esters is 1. The van der Waals surface area contributed by atoms with Crippen molar-refractivity contribution in [1.82, 2.24) is 4.98 Å². The summed E-state index contributed by atoms with van der Waals surface area (Å²) in [6.07, 6.45) is 2.02. The molecule has 1 N–H and O–H groups in total. The van der Waals surface area contributed by atoms with E-state index < -0.39 is 18.0 Å². The molecule has 1 atom stereocenters. The monoisotopic (exact) mass is 339 g/mol. The van der Waals surface area contributed by atoms with Gasteiger partial charge in [-0.25, -0.2) is 9.59 Å². The van der Waals surface area contributed by atoms with Gasteiger partial charge in [0.2, 0.25) is 0 Å². The number of aromatic nitrogens is 1. The molecule has 0 aliphatic rings. The highest BCUT2D eigenvalue weighted by atomic mass is 35.5. The van der Waals surface area contributed by atoms with Gasteiger partial charge >= 0.3 is 11.9 Å². The summed E-state index contributed by atoms with van der Waals surface area (Å²) in [6, 6.07) is 5.80. The molecule has 7 heteroatoms. The minimum atomic E-state index is -1.21. The first-order valence-corrected chi connectivity index (χ1v) is 6.99. The van der Waals surface area contributed by atoms with Crippen molar-refractivity contribution in [2.75, 3.05) is 0 Å². The number of carbonyl (C=O) groups excluding carboxylic acids is 1. The van der Waals surface area contributed by atoms with Crippen LogP contribution >= 0.6 is 23.2 Å². The Morgan fingerprint density at radius 1 is 1.14 bits per heavy atom. The maximum atomic E-state index is 12.2. The van der Waals surface area contributed by atoms with Gasteiger partial charge in [-0.2, -0.15) is 0 Å². The van der Waals surface area contributed by atoms with Crippen LogP contribution in [0.2, 0.25) is 10.0 Å². The lowest BCUT2D eigenvalue weighted by molar-refractivity contribution is 0.0332. The Kier molecular flexibility index (Phi) is 5.00. The zero-order valence-electron chi connectivity index (χ0n) is 11.4. The number of aromatic carboxylic acids is 1. The highest BCUT2D eigenvalue weighted by Gasteiger charge is 2.22. The predicted octanol–water partition coefficient (Wildman–Crippen LogP) is 4.00. The first-order chi connectivity index (χ1) is 10.4. The molecule has 0 amide bonds. The lowest BCUT2D eigenvalue weighted by Crippen LogP contribution is -2.14. The van der Waals surface area contributed by atoms with Crippen LogP contribution in [0.15, 0.2) is 36.7 Å². The van der Waals surface area contributed by atoms with Crippen LogP contribution in [0.3, 0.4) is 0 Å². The third kappa shape index (κ3) is 3.37. The Morgan fingerprint density at radius 3 is 2.23 bits per heavy atom. The number of hydrogen-bond donors (Lipinski definition) is 1. The highest BCUT2D eigenvalue weighted by molar-refractivity contribution is 6.35. The van der Waals surface area contributed by atoms with Crippen LogP contribution in [0.4, 0.5) is 0 Å². The molecular formula is C15H11Cl2NO4. The number of rotatable bonds is 4. The number of carboxylic acid groups (broad SMARTS) is 1. The van der Waals surface area contributed by atoms with E-state index in [4.69, 9.17) is 33.0 Å². The maximum Gasteiger partial charge on any atom is 0.339 e. The molecule has 2 rings (SSSR count). The van der Waals surface area contributed by atoms with E-state index in [1.165, 1.54) is 30.6 Å². The van der Waals surface area contributed by atoms with Crippen molar-refractivity contribution in [2.45, 2.75) is 13.0 Å². The molecule has 5 nitrogen and oxygen atoms in total. The summed E-state index contributed by atoms with van der Waals surface area (Å²) in [7, 11) is 0. The van der Waals surface area contributed by atoms with E-state index in [-0.39, 0.29) is 21.2 Å². The molecule has 22 heavy (non-hydrogen) atoms. The van der Waals surface area contributed by atoms with Gasteiger partial charge in [0.1, 0.15) is 6.10 Å². The van der Waals surface area contributed by atoms with Crippen molar-refractivity contribution >= 4 is 35.1 Å². The Bertz CT molecular complexity index is 713. The number of ether oxygens (including phenoxy) is 1. The van der Waals surface area contributed by atoms with E-state index >= 15 is 0 Å². The molecular weight excluding hydrogens is 329 g/mol. The first-order valence-electron chi connectivity index (χ1n) is 6.24. The van der Waals surface area contributed by atoms with E-state index in [1.54, 1.807) is 13.0 Å². The average molecular weight is 340 g/mol. The van der Waals surface area contributed by atoms with Crippen molar-refractivity contribution in [2.24, 2.45) is 0 Å². The molecule has 0 unspecified atom stereocenters. The topological polar surface area (TPSA) is 76.5 Å². The zero-order chi connectivity index (χ0) is 16.3. The van der Waals surface area contributed by atoms with Gasteiger partial charge in [0.05, 0.1) is 21.2 Å². The Morgan fingerprint density at radius 2 is 1.68 bits per heavy atom. The number of pyridine rings is 1. The smallest absolute Gasteiger partial charge is 0.339 e. The third-order valence-electron chi connectivity index (χ3n) is 2.96. The van der Waals surface area contributed by atoms with E-state index in [0.717, 1.165) is 0 Å². The number of benzene rings is 1. The number of carbonyl (C=O) groups is 2. The van der Waals surface area contributed by atoms with Crippen molar-refractivity contribution in [1.29, 1.82) is 0 Å². The van der Waals surface area contributed by atoms with Gasteiger partial charge in [-0.05, 0) is 19.1 Å². The number of nitrogens with zero attached hydrogens (tertiary/aromatic N) is 1. The summed E-state index contributed by atoms with van der Waals surface area (Å²) in [4.78, 5) is 27.1. The van der Waals surface area contributed by atoms with Gasteiger partial charge in [0.15, 0.2) is 0 Å².